The van der Waals surface area contributed by atoms with Crippen molar-refractivity contribution in [1.29, 1.82) is 0 Å². The minimum absolute atomic E-state index is 0.719. The molecule has 3 heterocycles. The van der Waals surface area contributed by atoms with E-state index in [1.807, 2.05) is 72.8 Å². The largest absolute Gasteiger partial charge is 0.373 e. The molecule has 0 spiro atoms. The Balaban J connectivity index is 1.80. The summed E-state index contributed by atoms with van der Waals surface area (Å²) in [4.78, 5) is 10.9. The lowest BCUT2D eigenvalue weighted by Crippen LogP contribution is -2.29. The first kappa shape index (κ1) is 14.9. The van der Waals surface area contributed by atoms with E-state index in [1.165, 1.54) is 0 Å². The predicted molar refractivity (Wildman–Crippen MR) is 103 cm³/mol. The Morgan fingerprint density at radius 3 is 1.69 bits per heavy atom. The van der Waals surface area contributed by atoms with Gasteiger partial charge in [0.15, 0.2) is 5.60 Å². The maximum Gasteiger partial charge on any atom is 0.170 e. The molecule has 0 fully saturated rings. The zero-order chi connectivity index (χ0) is 17.6. The van der Waals surface area contributed by atoms with Crippen LogP contribution >= 0.6 is 0 Å². The van der Waals surface area contributed by atoms with Gasteiger partial charge in [-0.3, -0.25) is 4.98 Å². The number of aliphatic hydroxyl groups is 1. The van der Waals surface area contributed by atoms with E-state index in [-0.39, 0.29) is 0 Å². The van der Waals surface area contributed by atoms with Gasteiger partial charge in [-0.15, -0.1) is 0 Å². The third-order valence-electron chi connectivity index (χ3n) is 4.94. The van der Waals surface area contributed by atoms with Crippen molar-refractivity contribution in [2.24, 2.45) is 0 Å². The van der Waals surface area contributed by atoms with E-state index >= 15 is 0 Å². The highest BCUT2D eigenvalue weighted by atomic mass is 16.3. The van der Waals surface area contributed by atoms with Gasteiger partial charge in [-0.25, -0.2) is 0 Å². The third-order valence-corrected chi connectivity index (χ3v) is 4.94. The van der Waals surface area contributed by atoms with Crippen LogP contribution in [0.2, 0.25) is 0 Å². The Morgan fingerprint density at radius 2 is 1.19 bits per heavy atom. The van der Waals surface area contributed by atoms with Gasteiger partial charge < -0.3 is 15.1 Å². The number of aromatic amines is 2. The maximum atomic E-state index is 11.9. The first-order chi connectivity index (χ1) is 12.7. The van der Waals surface area contributed by atoms with Crippen molar-refractivity contribution in [3.8, 4) is 0 Å². The van der Waals surface area contributed by atoms with Gasteiger partial charge in [-0.05, 0) is 52.7 Å². The van der Waals surface area contributed by atoms with Gasteiger partial charge in [0.05, 0.1) is 11.4 Å². The molecule has 0 saturated carbocycles. The number of pyridine rings is 1. The number of H-pyrrole nitrogens is 2. The number of rotatable bonds is 3. The summed E-state index contributed by atoms with van der Waals surface area (Å²) in [5.74, 6) is 0. The number of nitrogens with one attached hydrogen (secondary N) is 2. The molecule has 0 unspecified atom stereocenters. The number of fused-ring (bicyclic) bond motifs is 2. The van der Waals surface area contributed by atoms with Gasteiger partial charge in [-0.1, -0.05) is 36.4 Å². The number of para-hydroxylation sites is 2. The van der Waals surface area contributed by atoms with E-state index in [1.54, 1.807) is 12.4 Å². The Bertz CT molecular complexity index is 1060. The summed E-state index contributed by atoms with van der Waals surface area (Å²) in [5, 5.41) is 14.1. The SMILES string of the molecule is OC(c1ccncc1)(c1cc2ccccc2[nH]1)c1cc2ccccc2[nH]1. The average Bonchev–Trinajstić information content (AvgIpc) is 3.32. The molecule has 0 aliphatic rings. The highest BCUT2D eigenvalue weighted by molar-refractivity contribution is 5.83. The molecule has 0 amide bonds. The summed E-state index contributed by atoms with van der Waals surface area (Å²) in [6.45, 7) is 0. The Morgan fingerprint density at radius 1 is 0.692 bits per heavy atom. The molecule has 3 N–H and O–H groups in total. The lowest BCUT2D eigenvalue weighted by atomic mass is 9.87. The fourth-order valence-corrected chi connectivity index (χ4v) is 3.59. The molecule has 4 heteroatoms. The summed E-state index contributed by atoms with van der Waals surface area (Å²) in [6.07, 6.45) is 3.40. The molecule has 5 rings (SSSR count). The molecular weight excluding hydrogens is 322 g/mol. The monoisotopic (exact) mass is 339 g/mol. The second-order valence-electron chi connectivity index (χ2n) is 6.49. The molecule has 0 aliphatic carbocycles. The van der Waals surface area contributed by atoms with Crippen molar-refractivity contribution >= 4 is 21.8 Å². The lowest BCUT2D eigenvalue weighted by molar-refractivity contribution is 0.117. The van der Waals surface area contributed by atoms with Crippen LogP contribution in [0.15, 0.2) is 85.2 Å². The summed E-state index contributed by atoms with van der Waals surface area (Å²) in [5.41, 5.74) is 2.84. The van der Waals surface area contributed by atoms with Crippen LogP contribution in [0.3, 0.4) is 0 Å². The van der Waals surface area contributed by atoms with Crippen LogP contribution in [-0.2, 0) is 5.60 Å². The van der Waals surface area contributed by atoms with E-state index in [0.29, 0.717) is 0 Å². The Hall–Kier alpha value is -3.37. The molecule has 0 saturated heterocycles. The molecule has 3 aromatic heterocycles. The fraction of sp³-hybridized carbons (Fsp3) is 0.0455. The van der Waals surface area contributed by atoms with E-state index in [4.69, 9.17) is 0 Å². The standard InChI is InChI=1S/C22H17N3O/c26-22(17-9-11-23-12-10-17,20-13-15-5-1-3-7-18(15)24-20)21-14-16-6-2-4-8-19(16)25-21/h1-14,24-26H. The average molecular weight is 339 g/mol. The van der Waals surface area contributed by atoms with Crippen molar-refractivity contribution < 1.29 is 5.11 Å². The summed E-state index contributed by atoms with van der Waals surface area (Å²) in [6, 6.07) is 23.7. The molecule has 2 aromatic carbocycles. The van der Waals surface area contributed by atoms with Gasteiger partial charge in [-0.2, -0.15) is 0 Å². The molecule has 0 bridgehead atoms. The third kappa shape index (κ3) is 2.16. The minimum Gasteiger partial charge on any atom is -0.373 e. The molecule has 26 heavy (non-hydrogen) atoms. The first-order valence-electron chi connectivity index (χ1n) is 8.54. The summed E-state index contributed by atoms with van der Waals surface area (Å²) >= 11 is 0. The zero-order valence-corrected chi connectivity index (χ0v) is 14.0. The number of nitrogens with zero attached hydrogens (tertiary/aromatic N) is 1. The van der Waals surface area contributed by atoms with E-state index < -0.39 is 5.60 Å². The number of aromatic nitrogens is 3. The number of benzene rings is 2. The first-order valence-corrected chi connectivity index (χ1v) is 8.54. The van der Waals surface area contributed by atoms with Crippen LogP contribution in [-0.4, -0.2) is 20.1 Å². The molecule has 4 nitrogen and oxygen atoms in total. The highest BCUT2D eigenvalue weighted by Gasteiger charge is 2.37. The molecule has 0 atom stereocenters. The molecular formula is C22H17N3O. The van der Waals surface area contributed by atoms with Gasteiger partial charge in [0.2, 0.25) is 0 Å². The van der Waals surface area contributed by atoms with Crippen LogP contribution < -0.4 is 0 Å². The Kier molecular flexibility index (Phi) is 3.20. The smallest absolute Gasteiger partial charge is 0.170 e. The van der Waals surface area contributed by atoms with Gasteiger partial charge in [0, 0.05) is 23.4 Å². The highest BCUT2D eigenvalue weighted by Crippen LogP contribution is 2.38. The molecule has 5 aromatic rings. The maximum absolute atomic E-state index is 11.9. The van der Waals surface area contributed by atoms with Crippen LogP contribution in [0, 0.1) is 0 Å². The van der Waals surface area contributed by atoms with Gasteiger partial charge >= 0.3 is 0 Å². The van der Waals surface area contributed by atoms with Gasteiger partial charge in [0.1, 0.15) is 0 Å². The summed E-state index contributed by atoms with van der Waals surface area (Å²) in [7, 11) is 0. The van der Waals surface area contributed by atoms with Crippen molar-refractivity contribution in [3.63, 3.8) is 0 Å². The van der Waals surface area contributed by atoms with Crippen molar-refractivity contribution in [2.45, 2.75) is 5.60 Å². The fourth-order valence-electron chi connectivity index (χ4n) is 3.59. The van der Waals surface area contributed by atoms with E-state index in [2.05, 4.69) is 15.0 Å². The molecule has 0 aliphatic heterocycles. The quantitative estimate of drug-likeness (QED) is 0.458. The second-order valence-corrected chi connectivity index (χ2v) is 6.49. The topological polar surface area (TPSA) is 64.7 Å². The number of hydrogen-bond acceptors (Lipinski definition) is 2. The van der Waals surface area contributed by atoms with E-state index in [0.717, 1.165) is 38.8 Å². The Labute approximate surface area is 150 Å². The van der Waals surface area contributed by atoms with Crippen LogP contribution in [0.5, 0.6) is 0 Å². The predicted octanol–water partition coefficient (Wildman–Crippen LogP) is 4.33. The van der Waals surface area contributed by atoms with Crippen molar-refractivity contribution in [2.75, 3.05) is 0 Å². The van der Waals surface area contributed by atoms with Crippen molar-refractivity contribution in [3.05, 3.63) is 102 Å². The van der Waals surface area contributed by atoms with Crippen LogP contribution in [0.25, 0.3) is 21.8 Å². The van der Waals surface area contributed by atoms with Gasteiger partial charge in [0.25, 0.3) is 0 Å². The molecule has 126 valence electrons. The normalized spacial score (nSPS) is 12.0. The van der Waals surface area contributed by atoms with Crippen LogP contribution in [0.1, 0.15) is 17.0 Å². The zero-order valence-electron chi connectivity index (χ0n) is 14.0. The molecule has 0 radical (unpaired) electrons. The van der Waals surface area contributed by atoms with Crippen LogP contribution in [0.4, 0.5) is 0 Å². The second kappa shape index (κ2) is 5.58. The summed E-state index contributed by atoms with van der Waals surface area (Å²) < 4.78 is 0. The minimum atomic E-state index is -1.33. The van der Waals surface area contributed by atoms with Crippen molar-refractivity contribution in [1.82, 2.24) is 15.0 Å². The van der Waals surface area contributed by atoms with E-state index in [9.17, 15) is 5.11 Å². The number of hydrogen-bond donors (Lipinski definition) is 3. The lowest BCUT2D eigenvalue weighted by Gasteiger charge is -2.27.